The van der Waals surface area contributed by atoms with Gasteiger partial charge in [-0.25, -0.2) is 9.48 Å². The number of rotatable bonds is 3. The van der Waals surface area contributed by atoms with E-state index in [1.54, 1.807) is 18.2 Å². The molecule has 3 rings (SSSR count). The van der Waals surface area contributed by atoms with Gasteiger partial charge in [0.15, 0.2) is 0 Å². The summed E-state index contributed by atoms with van der Waals surface area (Å²) < 4.78 is 1.82. The summed E-state index contributed by atoms with van der Waals surface area (Å²) in [6, 6.07) is 4.91. The molecule has 94 valence electrons. The third-order valence-electron chi connectivity index (χ3n) is 3.87. The Morgan fingerprint density at radius 2 is 2.28 bits per heavy atom. The van der Waals surface area contributed by atoms with Gasteiger partial charge in [-0.1, -0.05) is 19.1 Å². The summed E-state index contributed by atoms with van der Waals surface area (Å²) in [5.74, 6) is -0.313. The van der Waals surface area contributed by atoms with Crippen molar-refractivity contribution in [1.29, 1.82) is 0 Å². The molecule has 5 nitrogen and oxygen atoms in total. The van der Waals surface area contributed by atoms with Gasteiger partial charge in [0.1, 0.15) is 5.52 Å². The number of carboxylic acids is 1. The molecule has 1 saturated carbocycles. The Labute approximate surface area is 104 Å². The van der Waals surface area contributed by atoms with Crippen molar-refractivity contribution in [3.63, 3.8) is 0 Å². The van der Waals surface area contributed by atoms with Gasteiger partial charge in [-0.2, -0.15) is 0 Å². The predicted octanol–water partition coefficient (Wildman–Crippen LogP) is 2.18. The number of aromatic nitrogens is 3. The molecular weight excluding hydrogens is 230 g/mol. The second kappa shape index (κ2) is 3.54. The molecule has 1 unspecified atom stereocenters. The van der Waals surface area contributed by atoms with E-state index >= 15 is 0 Å². The monoisotopic (exact) mass is 245 g/mol. The van der Waals surface area contributed by atoms with Crippen LogP contribution in [0.5, 0.6) is 0 Å². The summed E-state index contributed by atoms with van der Waals surface area (Å²) in [4.78, 5) is 11.0. The summed E-state index contributed by atoms with van der Waals surface area (Å²) >= 11 is 0. The molecule has 1 aromatic carbocycles. The molecule has 2 aromatic rings. The van der Waals surface area contributed by atoms with Crippen LogP contribution in [-0.2, 0) is 6.54 Å². The first-order valence-electron chi connectivity index (χ1n) is 6.04. The lowest BCUT2D eigenvalue weighted by Crippen LogP contribution is -2.06. The van der Waals surface area contributed by atoms with E-state index in [-0.39, 0.29) is 5.56 Å². The lowest BCUT2D eigenvalue weighted by atomic mass is 10.1. The van der Waals surface area contributed by atoms with Crippen molar-refractivity contribution >= 4 is 17.0 Å². The number of benzene rings is 1. The summed E-state index contributed by atoms with van der Waals surface area (Å²) in [5, 5.41) is 17.2. The second-order valence-electron chi connectivity index (χ2n) is 5.67. The molecule has 1 aliphatic rings. The maximum Gasteiger partial charge on any atom is 0.335 e. The Balaban J connectivity index is 1.97. The normalized spacial score (nSPS) is 21.1. The molecule has 5 heteroatoms. The van der Waals surface area contributed by atoms with E-state index < -0.39 is 5.97 Å². The largest absolute Gasteiger partial charge is 0.478 e. The zero-order chi connectivity index (χ0) is 12.9. The smallest absolute Gasteiger partial charge is 0.335 e. The molecule has 18 heavy (non-hydrogen) atoms. The first-order valence-corrected chi connectivity index (χ1v) is 6.04. The third-order valence-corrected chi connectivity index (χ3v) is 3.87. The van der Waals surface area contributed by atoms with Crippen molar-refractivity contribution in [3.05, 3.63) is 23.8 Å². The van der Waals surface area contributed by atoms with Crippen LogP contribution in [0.3, 0.4) is 0 Å². The molecule has 0 radical (unpaired) electrons. The van der Waals surface area contributed by atoms with Gasteiger partial charge in [-0.3, -0.25) is 0 Å². The van der Waals surface area contributed by atoms with Gasteiger partial charge in [0, 0.05) is 6.54 Å². The van der Waals surface area contributed by atoms with Gasteiger partial charge < -0.3 is 5.11 Å². The first kappa shape index (κ1) is 11.2. The molecular formula is C13H15N3O2. The van der Waals surface area contributed by atoms with Crippen LogP contribution >= 0.6 is 0 Å². The lowest BCUT2D eigenvalue weighted by Gasteiger charge is -2.04. The first-order chi connectivity index (χ1) is 8.47. The molecule has 0 amide bonds. The van der Waals surface area contributed by atoms with Crippen molar-refractivity contribution in [2.24, 2.45) is 11.3 Å². The molecule has 0 aliphatic heterocycles. The minimum absolute atomic E-state index is 0.279. The third kappa shape index (κ3) is 1.75. The summed E-state index contributed by atoms with van der Waals surface area (Å²) in [5.41, 5.74) is 2.21. The highest BCUT2D eigenvalue weighted by atomic mass is 16.4. The molecule has 1 aromatic heterocycles. The Bertz CT molecular complexity index is 630. The maximum absolute atomic E-state index is 11.0. The van der Waals surface area contributed by atoms with Crippen LogP contribution in [0, 0.1) is 11.3 Å². The van der Waals surface area contributed by atoms with E-state index in [0.717, 1.165) is 17.6 Å². The van der Waals surface area contributed by atoms with Crippen LogP contribution in [0.15, 0.2) is 18.2 Å². The highest BCUT2D eigenvalue weighted by molar-refractivity contribution is 5.92. The van der Waals surface area contributed by atoms with Gasteiger partial charge in [0.05, 0.1) is 11.1 Å². The van der Waals surface area contributed by atoms with Gasteiger partial charge in [-0.15, -0.1) is 5.10 Å². The van der Waals surface area contributed by atoms with E-state index in [4.69, 9.17) is 5.11 Å². The number of hydrogen-bond donors (Lipinski definition) is 1. The van der Waals surface area contributed by atoms with E-state index in [1.807, 2.05) is 4.68 Å². The van der Waals surface area contributed by atoms with Crippen molar-refractivity contribution in [2.45, 2.75) is 26.8 Å². The van der Waals surface area contributed by atoms with Crippen molar-refractivity contribution in [1.82, 2.24) is 15.0 Å². The Kier molecular flexibility index (Phi) is 2.20. The average Bonchev–Trinajstić information content (AvgIpc) is 2.73. The zero-order valence-electron chi connectivity index (χ0n) is 10.4. The maximum atomic E-state index is 11.0. The fraction of sp³-hybridized carbons (Fsp3) is 0.462. The summed E-state index contributed by atoms with van der Waals surface area (Å²) in [7, 11) is 0. The molecule has 1 aliphatic carbocycles. The van der Waals surface area contributed by atoms with Gasteiger partial charge in [0.25, 0.3) is 0 Å². The number of carbonyl (C=O) groups is 1. The fourth-order valence-corrected chi connectivity index (χ4v) is 2.33. The zero-order valence-corrected chi connectivity index (χ0v) is 10.4. The summed E-state index contributed by atoms with van der Waals surface area (Å²) in [6.45, 7) is 5.28. The minimum Gasteiger partial charge on any atom is -0.478 e. The van der Waals surface area contributed by atoms with Crippen molar-refractivity contribution in [3.8, 4) is 0 Å². The van der Waals surface area contributed by atoms with Crippen LogP contribution in [-0.4, -0.2) is 26.1 Å². The summed E-state index contributed by atoms with van der Waals surface area (Å²) in [6.07, 6.45) is 1.19. The number of hydrogen-bond acceptors (Lipinski definition) is 3. The average molecular weight is 245 g/mol. The minimum atomic E-state index is -0.920. The van der Waals surface area contributed by atoms with E-state index in [1.165, 1.54) is 6.42 Å². The van der Waals surface area contributed by atoms with Crippen LogP contribution in [0.1, 0.15) is 30.6 Å². The highest BCUT2D eigenvalue weighted by Crippen LogP contribution is 2.52. The molecule has 1 N–H and O–H groups in total. The molecule has 1 fully saturated rings. The Hall–Kier alpha value is -1.91. The standard InChI is InChI=1S/C13H15N3O2/c1-13(2)6-9(13)7-16-11-5-8(12(17)18)3-4-10(11)14-15-16/h3-5,9H,6-7H2,1-2H3,(H,17,18). The number of fused-ring (bicyclic) bond motifs is 1. The molecule has 1 heterocycles. The van der Waals surface area contributed by atoms with E-state index in [9.17, 15) is 4.79 Å². The van der Waals surface area contributed by atoms with Crippen LogP contribution in [0.25, 0.3) is 11.0 Å². The van der Waals surface area contributed by atoms with Gasteiger partial charge >= 0.3 is 5.97 Å². The number of aromatic carboxylic acids is 1. The number of nitrogens with zero attached hydrogens (tertiary/aromatic N) is 3. The van der Waals surface area contributed by atoms with Crippen LogP contribution in [0.2, 0.25) is 0 Å². The molecule has 1 atom stereocenters. The Morgan fingerprint density at radius 1 is 1.56 bits per heavy atom. The van der Waals surface area contributed by atoms with Crippen molar-refractivity contribution < 1.29 is 9.90 Å². The second-order valence-corrected chi connectivity index (χ2v) is 5.67. The lowest BCUT2D eigenvalue weighted by molar-refractivity contribution is 0.0697. The Morgan fingerprint density at radius 3 is 2.89 bits per heavy atom. The topological polar surface area (TPSA) is 68.0 Å². The highest BCUT2D eigenvalue weighted by Gasteiger charge is 2.45. The van der Waals surface area contributed by atoms with Crippen LogP contribution in [0.4, 0.5) is 0 Å². The van der Waals surface area contributed by atoms with E-state index in [2.05, 4.69) is 24.2 Å². The van der Waals surface area contributed by atoms with E-state index in [0.29, 0.717) is 11.3 Å². The molecule has 0 bridgehead atoms. The fourth-order valence-electron chi connectivity index (χ4n) is 2.33. The molecule has 0 saturated heterocycles. The van der Waals surface area contributed by atoms with Crippen LogP contribution < -0.4 is 0 Å². The SMILES string of the molecule is CC1(C)CC1Cn1nnc2ccc(C(=O)O)cc21. The van der Waals surface area contributed by atoms with Crippen molar-refractivity contribution in [2.75, 3.05) is 0 Å². The van der Waals surface area contributed by atoms with Gasteiger partial charge in [0.2, 0.25) is 0 Å². The number of carboxylic acid groups (broad SMARTS) is 1. The quantitative estimate of drug-likeness (QED) is 0.899. The van der Waals surface area contributed by atoms with Gasteiger partial charge in [-0.05, 0) is 36.0 Å². The predicted molar refractivity (Wildman–Crippen MR) is 66.4 cm³/mol. The molecule has 0 spiro atoms.